The topological polar surface area (TPSA) is 38.2 Å². The first-order valence-electron chi connectivity index (χ1n) is 8.45. The first-order valence-corrected chi connectivity index (χ1v) is 8.82. The molecular weight excluding hydrogens is 367 g/mol. The molecule has 1 aromatic carbocycles. The molecule has 26 heavy (non-hydrogen) atoms. The van der Waals surface area contributed by atoms with Crippen LogP contribution in [0.3, 0.4) is 0 Å². The molecule has 1 saturated carbocycles. The number of aromatic nitrogens is 2. The van der Waals surface area contributed by atoms with Crippen LogP contribution >= 0.6 is 11.6 Å². The molecule has 1 heterocycles. The number of rotatable bonds is 4. The molecule has 1 aliphatic carbocycles. The molecule has 1 fully saturated rings. The van der Waals surface area contributed by atoms with Crippen molar-refractivity contribution >= 4 is 23.2 Å². The van der Waals surface area contributed by atoms with E-state index in [0.29, 0.717) is 10.7 Å². The van der Waals surface area contributed by atoms with E-state index < -0.39 is 17.6 Å². The van der Waals surface area contributed by atoms with E-state index in [0.717, 1.165) is 38.3 Å². The molecule has 0 atom stereocenters. The third-order valence-corrected chi connectivity index (χ3v) is 4.61. The highest BCUT2D eigenvalue weighted by Gasteiger charge is 2.37. The molecule has 3 rings (SSSR count). The number of nitrogens with zero attached hydrogens (tertiary/aromatic N) is 3. The Morgan fingerprint density at radius 1 is 1.19 bits per heavy atom. The van der Waals surface area contributed by atoms with Crippen molar-refractivity contribution < 1.29 is 17.9 Å². The fourth-order valence-electron chi connectivity index (χ4n) is 2.94. The summed E-state index contributed by atoms with van der Waals surface area (Å²) >= 11 is 5.98. The highest BCUT2D eigenvalue weighted by Crippen LogP contribution is 2.37. The van der Waals surface area contributed by atoms with Gasteiger partial charge in [0, 0.05) is 24.0 Å². The van der Waals surface area contributed by atoms with Crippen molar-refractivity contribution in [3.63, 3.8) is 0 Å². The van der Waals surface area contributed by atoms with Crippen molar-refractivity contribution in [3.8, 4) is 5.88 Å². The van der Waals surface area contributed by atoms with E-state index in [1.54, 1.807) is 36.2 Å². The van der Waals surface area contributed by atoms with E-state index in [-0.39, 0.29) is 12.1 Å². The Labute approximate surface area is 155 Å². The molecule has 140 valence electrons. The van der Waals surface area contributed by atoms with Gasteiger partial charge in [-0.05, 0) is 43.9 Å². The zero-order valence-electron chi connectivity index (χ0n) is 14.3. The third-order valence-electron chi connectivity index (χ3n) is 4.37. The molecular formula is C18H19ClF3N3O. The van der Waals surface area contributed by atoms with Crippen LogP contribution in [-0.4, -0.2) is 23.1 Å². The second kappa shape index (κ2) is 7.70. The van der Waals surface area contributed by atoms with Gasteiger partial charge in [-0.3, -0.25) is 0 Å². The van der Waals surface area contributed by atoms with Gasteiger partial charge in [0.25, 0.3) is 0 Å². The quantitative estimate of drug-likeness (QED) is 0.683. The van der Waals surface area contributed by atoms with Gasteiger partial charge in [-0.2, -0.15) is 18.2 Å². The molecule has 0 radical (unpaired) electrons. The second-order valence-electron chi connectivity index (χ2n) is 6.30. The molecule has 0 amide bonds. The minimum atomic E-state index is -4.57. The van der Waals surface area contributed by atoms with E-state index in [1.165, 1.54) is 0 Å². The number of benzene rings is 1. The first kappa shape index (κ1) is 18.8. The summed E-state index contributed by atoms with van der Waals surface area (Å²) in [7, 11) is 1.67. The van der Waals surface area contributed by atoms with Gasteiger partial charge in [0.2, 0.25) is 11.8 Å². The summed E-state index contributed by atoms with van der Waals surface area (Å²) in [6.07, 6.45) is 0.418. The lowest BCUT2D eigenvalue weighted by atomic mass is 9.98. The minimum absolute atomic E-state index is 0.117. The Bertz CT molecular complexity index is 764. The maximum atomic E-state index is 13.3. The maximum absolute atomic E-state index is 13.3. The Balaban J connectivity index is 1.93. The number of hydrogen-bond acceptors (Lipinski definition) is 4. The van der Waals surface area contributed by atoms with Gasteiger partial charge in [0.05, 0.1) is 0 Å². The lowest BCUT2D eigenvalue weighted by Crippen LogP contribution is -2.23. The van der Waals surface area contributed by atoms with E-state index in [2.05, 4.69) is 9.97 Å². The van der Waals surface area contributed by atoms with Gasteiger partial charge in [0.1, 0.15) is 11.7 Å². The van der Waals surface area contributed by atoms with Crippen LogP contribution in [0, 0.1) is 0 Å². The predicted octanol–water partition coefficient (Wildman–Crippen LogP) is 5.63. The van der Waals surface area contributed by atoms with E-state index in [4.69, 9.17) is 16.3 Å². The molecule has 0 bridgehead atoms. The Hall–Kier alpha value is -2.02. The van der Waals surface area contributed by atoms with Gasteiger partial charge in [-0.25, -0.2) is 4.98 Å². The van der Waals surface area contributed by atoms with Crippen LogP contribution in [0.25, 0.3) is 0 Å². The molecule has 2 aromatic rings. The summed E-state index contributed by atoms with van der Waals surface area (Å²) < 4.78 is 45.6. The van der Waals surface area contributed by atoms with E-state index in [1.807, 2.05) is 0 Å². The molecule has 0 N–H and O–H groups in total. The van der Waals surface area contributed by atoms with E-state index in [9.17, 15) is 13.2 Å². The minimum Gasteiger partial charge on any atom is -0.474 e. The molecule has 8 heteroatoms. The smallest absolute Gasteiger partial charge is 0.423 e. The highest BCUT2D eigenvalue weighted by molar-refractivity contribution is 6.30. The van der Waals surface area contributed by atoms with Crippen LogP contribution in [-0.2, 0) is 6.18 Å². The molecule has 0 spiro atoms. The molecule has 0 aliphatic heterocycles. The molecule has 0 saturated heterocycles. The first-order chi connectivity index (χ1) is 12.3. The SMILES string of the molecule is CN(c1cccc(Cl)c1)c1ncc(C(F)(F)F)c(OC2CCCCC2)n1. The largest absolute Gasteiger partial charge is 0.474 e. The summed E-state index contributed by atoms with van der Waals surface area (Å²) in [6, 6.07) is 6.92. The number of hydrogen-bond donors (Lipinski definition) is 0. The summed E-state index contributed by atoms with van der Waals surface area (Å²) in [5.41, 5.74) is -0.285. The van der Waals surface area contributed by atoms with Crippen LogP contribution < -0.4 is 9.64 Å². The fourth-order valence-corrected chi connectivity index (χ4v) is 3.13. The maximum Gasteiger partial charge on any atom is 0.423 e. The standard InChI is InChI=1S/C18H19ClF3N3O/c1-25(13-7-5-6-12(19)10-13)17-23-11-15(18(20,21)22)16(24-17)26-14-8-3-2-4-9-14/h5-7,10-11,14H,2-4,8-9H2,1H3. The second-order valence-corrected chi connectivity index (χ2v) is 6.74. The third kappa shape index (κ3) is 4.38. The summed E-state index contributed by atoms with van der Waals surface area (Å²) in [5, 5.41) is 0.514. The van der Waals surface area contributed by atoms with Crippen LogP contribution in [0.1, 0.15) is 37.7 Å². The molecule has 4 nitrogen and oxygen atoms in total. The van der Waals surface area contributed by atoms with Gasteiger partial charge in [-0.15, -0.1) is 0 Å². The van der Waals surface area contributed by atoms with Crippen LogP contribution in [0.2, 0.25) is 5.02 Å². The summed E-state index contributed by atoms with van der Waals surface area (Å²) in [4.78, 5) is 9.51. The number of anilines is 2. The molecule has 1 aromatic heterocycles. The lowest BCUT2D eigenvalue weighted by Gasteiger charge is -2.25. The van der Waals surface area contributed by atoms with Crippen LogP contribution in [0.4, 0.5) is 24.8 Å². The van der Waals surface area contributed by atoms with E-state index >= 15 is 0 Å². The number of ether oxygens (including phenoxy) is 1. The normalized spacial score (nSPS) is 15.7. The molecule has 0 unspecified atom stereocenters. The van der Waals surface area contributed by atoms with Gasteiger partial charge >= 0.3 is 6.18 Å². The monoisotopic (exact) mass is 385 g/mol. The van der Waals surface area contributed by atoms with Crippen molar-refractivity contribution in [2.24, 2.45) is 0 Å². The lowest BCUT2D eigenvalue weighted by molar-refractivity contribution is -0.140. The van der Waals surface area contributed by atoms with Crippen LogP contribution in [0.15, 0.2) is 30.5 Å². The zero-order chi connectivity index (χ0) is 18.7. The average molecular weight is 386 g/mol. The highest BCUT2D eigenvalue weighted by atomic mass is 35.5. The van der Waals surface area contributed by atoms with Gasteiger partial charge in [0.15, 0.2) is 0 Å². The molecule has 1 aliphatic rings. The van der Waals surface area contributed by atoms with Crippen molar-refractivity contribution in [2.45, 2.75) is 44.4 Å². The van der Waals surface area contributed by atoms with Crippen molar-refractivity contribution in [3.05, 3.63) is 41.0 Å². The summed E-state index contributed by atoms with van der Waals surface area (Å²) in [5.74, 6) is -0.297. The zero-order valence-corrected chi connectivity index (χ0v) is 15.0. The van der Waals surface area contributed by atoms with Crippen LogP contribution in [0.5, 0.6) is 5.88 Å². The Morgan fingerprint density at radius 2 is 1.92 bits per heavy atom. The van der Waals surface area contributed by atoms with Crippen molar-refractivity contribution in [2.75, 3.05) is 11.9 Å². The number of halogens is 4. The number of alkyl halides is 3. The van der Waals surface area contributed by atoms with Crippen molar-refractivity contribution in [1.82, 2.24) is 9.97 Å². The van der Waals surface area contributed by atoms with Gasteiger partial charge < -0.3 is 9.64 Å². The fraction of sp³-hybridized carbons (Fsp3) is 0.444. The Kier molecular flexibility index (Phi) is 5.55. The van der Waals surface area contributed by atoms with Gasteiger partial charge in [-0.1, -0.05) is 24.1 Å². The average Bonchev–Trinajstić information content (AvgIpc) is 2.61. The van der Waals surface area contributed by atoms with Crippen molar-refractivity contribution in [1.29, 1.82) is 0 Å². The summed E-state index contributed by atoms with van der Waals surface area (Å²) in [6.45, 7) is 0. The predicted molar refractivity (Wildman–Crippen MR) is 94.1 cm³/mol. The Morgan fingerprint density at radius 3 is 2.58 bits per heavy atom.